The highest BCUT2D eigenvalue weighted by Crippen LogP contribution is 2.21. The second kappa shape index (κ2) is 5.35. The molecule has 112 valence electrons. The van der Waals surface area contributed by atoms with Crippen LogP contribution in [0.1, 0.15) is 16.1 Å². The van der Waals surface area contributed by atoms with Crippen LogP contribution in [0, 0.1) is 6.92 Å². The molecule has 3 rings (SSSR count). The Hall–Kier alpha value is -2.53. The van der Waals surface area contributed by atoms with Gasteiger partial charge in [0.05, 0.1) is 5.02 Å². The van der Waals surface area contributed by atoms with Gasteiger partial charge in [0, 0.05) is 36.5 Å². The quantitative estimate of drug-likeness (QED) is 0.737. The van der Waals surface area contributed by atoms with Crippen LogP contribution >= 0.6 is 11.6 Å². The Kier molecular flexibility index (Phi) is 3.50. The monoisotopic (exact) mass is 316 g/mol. The lowest BCUT2D eigenvalue weighted by molar-refractivity contribution is 0.101. The highest BCUT2D eigenvalue weighted by molar-refractivity contribution is 6.31. The number of hydrogen-bond donors (Lipinski definition) is 1. The molecule has 5 nitrogen and oxygen atoms in total. The first-order chi connectivity index (χ1) is 10.4. The Labute approximate surface area is 131 Å². The van der Waals surface area contributed by atoms with Gasteiger partial charge >= 0.3 is 5.63 Å². The maximum absolute atomic E-state index is 12.2. The van der Waals surface area contributed by atoms with Gasteiger partial charge in [-0.2, -0.15) is 0 Å². The first kappa shape index (κ1) is 14.4. The molecule has 0 saturated heterocycles. The lowest BCUT2D eigenvalue weighted by atomic mass is 10.1. The minimum absolute atomic E-state index is 0.288. The van der Waals surface area contributed by atoms with Crippen molar-refractivity contribution in [1.29, 1.82) is 0 Å². The zero-order valence-electron chi connectivity index (χ0n) is 12.0. The van der Waals surface area contributed by atoms with Gasteiger partial charge in [-0.15, -0.1) is 0 Å². The number of aryl methyl sites for hydroxylation is 2. The highest BCUT2D eigenvalue weighted by atomic mass is 35.5. The van der Waals surface area contributed by atoms with E-state index in [9.17, 15) is 9.59 Å². The molecule has 1 amide bonds. The number of aromatic nitrogens is 1. The van der Waals surface area contributed by atoms with Gasteiger partial charge in [-0.1, -0.05) is 11.6 Å². The third-order valence-corrected chi connectivity index (χ3v) is 3.62. The average molecular weight is 317 g/mol. The molecule has 0 radical (unpaired) electrons. The SMILES string of the molecule is Cc1cc(=O)oc2cc(NC(=O)c3cc(Cl)cn3C)ccc12. The Balaban J connectivity index is 1.96. The van der Waals surface area contributed by atoms with Crippen molar-refractivity contribution in [3.8, 4) is 0 Å². The first-order valence-electron chi connectivity index (χ1n) is 6.62. The van der Waals surface area contributed by atoms with Gasteiger partial charge in [0.15, 0.2) is 0 Å². The zero-order valence-corrected chi connectivity index (χ0v) is 12.8. The van der Waals surface area contributed by atoms with Crippen LogP contribution in [0.2, 0.25) is 5.02 Å². The van der Waals surface area contributed by atoms with Gasteiger partial charge in [-0.05, 0) is 30.7 Å². The summed E-state index contributed by atoms with van der Waals surface area (Å²) in [5.41, 5.74) is 1.84. The molecule has 2 aromatic heterocycles. The van der Waals surface area contributed by atoms with Crippen molar-refractivity contribution in [2.45, 2.75) is 6.92 Å². The second-order valence-electron chi connectivity index (χ2n) is 5.07. The van der Waals surface area contributed by atoms with E-state index >= 15 is 0 Å². The molecule has 0 unspecified atom stereocenters. The predicted molar refractivity (Wildman–Crippen MR) is 85.6 cm³/mol. The summed E-state index contributed by atoms with van der Waals surface area (Å²) in [5.74, 6) is -0.288. The van der Waals surface area contributed by atoms with Crippen LogP contribution in [-0.2, 0) is 7.05 Å². The third kappa shape index (κ3) is 2.63. The number of nitrogens with zero attached hydrogens (tertiary/aromatic N) is 1. The highest BCUT2D eigenvalue weighted by Gasteiger charge is 2.12. The minimum atomic E-state index is -0.414. The number of anilines is 1. The molecule has 0 saturated carbocycles. The maximum Gasteiger partial charge on any atom is 0.336 e. The Bertz CT molecular complexity index is 940. The van der Waals surface area contributed by atoms with Crippen LogP contribution in [0.25, 0.3) is 11.0 Å². The van der Waals surface area contributed by atoms with Crippen molar-refractivity contribution in [2.75, 3.05) is 5.32 Å². The molecule has 0 aliphatic heterocycles. The van der Waals surface area contributed by atoms with Crippen molar-refractivity contribution >= 4 is 34.2 Å². The number of carbonyl (C=O) groups is 1. The molecule has 0 bridgehead atoms. The molecular weight excluding hydrogens is 304 g/mol. The van der Waals surface area contributed by atoms with E-state index < -0.39 is 5.63 Å². The van der Waals surface area contributed by atoms with E-state index in [2.05, 4.69) is 5.32 Å². The van der Waals surface area contributed by atoms with E-state index in [4.69, 9.17) is 16.0 Å². The van der Waals surface area contributed by atoms with E-state index in [-0.39, 0.29) is 5.91 Å². The van der Waals surface area contributed by atoms with Gasteiger partial charge in [0.2, 0.25) is 0 Å². The summed E-state index contributed by atoms with van der Waals surface area (Å²) >= 11 is 5.88. The van der Waals surface area contributed by atoms with E-state index in [1.165, 1.54) is 6.07 Å². The van der Waals surface area contributed by atoms with Gasteiger partial charge < -0.3 is 14.3 Å². The lowest BCUT2D eigenvalue weighted by Crippen LogP contribution is -2.15. The van der Waals surface area contributed by atoms with E-state index in [1.807, 2.05) is 6.92 Å². The molecule has 0 atom stereocenters. The average Bonchev–Trinajstić information content (AvgIpc) is 2.77. The van der Waals surface area contributed by atoms with Crippen molar-refractivity contribution in [1.82, 2.24) is 4.57 Å². The summed E-state index contributed by atoms with van der Waals surface area (Å²) in [6, 6.07) is 8.22. The summed E-state index contributed by atoms with van der Waals surface area (Å²) in [6.07, 6.45) is 1.65. The van der Waals surface area contributed by atoms with Crippen molar-refractivity contribution < 1.29 is 9.21 Å². The number of fused-ring (bicyclic) bond motifs is 1. The number of amides is 1. The minimum Gasteiger partial charge on any atom is -0.423 e. The summed E-state index contributed by atoms with van der Waals surface area (Å²) in [6.45, 7) is 1.84. The summed E-state index contributed by atoms with van der Waals surface area (Å²) in [7, 11) is 1.74. The van der Waals surface area contributed by atoms with Gasteiger partial charge in [0.1, 0.15) is 11.3 Å². The first-order valence-corrected chi connectivity index (χ1v) is 6.99. The van der Waals surface area contributed by atoms with Gasteiger partial charge in [-0.3, -0.25) is 4.79 Å². The molecule has 22 heavy (non-hydrogen) atoms. The lowest BCUT2D eigenvalue weighted by Gasteiger charge is -2.07. The Morgan fingerprint density at radius 3 is 2.73 bits per heavy atom. The summed E-state index contributed by atoms with van der Waals surface area (Å²) in [5, 5.41) is 4.09. The van der Waals surface area contributed by atoms with Crippen LogP contribution < -0.4 is 10.9 Å². The topological polar surface area (TPSA) is 64.2 Å². The Morgan fingerprint density at radius 1 is 1.27 bits per heavy atom. The van der Waals surface area contributed by atoms with Gasteiger partial charge in [0.25, 0.3) is 5.91 Å². The largest absolute Gasteiger partial charge is 0.423 e. The summed E-state index contributed by atoms with van der Waals surface area (Å²) < 4.78 is 6.81. The number of benzene rings is 1. The van der Waals surface area contributed by atoms with Crippen LogP contribution in [-0.4, -0.2) is 10.5 Å². The fourth-order valence-electron chi connectivity index (χ4n) is 2.35. The molecule has 0 spiro atoms. The molecule has 3 aromatic rings. The number of rotatable bonds is 2. The molecule has 0 fully saturated rings. The second-order valence-corrected chi connectivity index (χ2v) is 5.50. The standard InChI is InChI=1S/C16H13ClN2O3/c1-9-5-15(20)22-14-7-11(3-4-12(9)14)18-16(21)13-6-10(17)8-19(13)2/h3-8H,1-2H3,(H,18,21). The van der Waals surface area contributed by atoms with Crippen molar-refractivity contribution in [2.24, 2.45) is 7.05 Å². The fourth-order valence-corrected chi connectivity index (χ4v) is 2.60. The van der Waals surface area contributed by atoms with E-state index in [0.717, 1.165) is 10.9 Å². The van der Waals surface area contributed by atoms with Crippen LogP contribution in [0.5, 0.6) is 0 Å². The van der Waals surface area contributed by atoms with Crippen molar-refractivity contribution in [3.63, 3.8) is 0 Å². The smallest absolute Gasteiger partial charge is 0.336 e. The molecular formula is C16H13ClN2O3. The molecule has 1 aromatic carbocycles. The van der Waals surface area contributed by atoms with Crippen LogP contribution in [0.4, 0.5) is 5.69 Å². The van der Waals surface area contributed by atoms with Crippen LogP contribution in [0.3, 0.4) is 0 Å². The van der Waals surface area contributed by atoms with Crippen LogP contribution in [0.15, 0.2) is 45.7 Å². The van der Waals surface area contributed by atoms with E-state index in [1.54, 1.807) is 42.1 Å². The Morgan fingerprint density at radius 2 is 2.05 bits per heavy atom. The predicted octanol–water partition coefficient (Wildman–Crippen LogP) is 3.35. The maximum atomic E-state index is 12.2. The molecule has 6 heteroatoms. The zero-order chi connectivity index (χ0) is 15.9. The number of carbonyl (C=O) groups excluding carboxylic acids is 1. The molecule has 1 N–H and O–H groups in total. The van der Waals surface area contributed by atoms with Crippen molar-refractivity contribution in [3.05, 3.63) is 63.2 Å². The number of nitrogens with one attached hydrogen (secondary N) is 1. The summed E-state index contributed by atoms with van der Waals surface area (Å²) in [4.78, 5) is 23.7. The number of halogens is 1. The van der Waals surface area contributed by atoms with Gasteiger partial charge in [-0.25, -0.2) is 4.79 Å². The fraction of sp³-hybridized carbons (Fsp3) is 0.125. The molecule has 2 heterocycles. The molecule has 0 aliphatic carbocycles. The molecule has 0 aliphatic rings. The third-order valence-electron chi connectivity index (χ3n) is 3.41. The normalized spacial score (nSPS) is 10.9. The number of hydrogen-bond acceptors (Lipinski definition) is 3. The van der Waals surface area contributed by atoms with E-state index in [0.29, 0.717) is 22.0 Å².